The van der Waals surface area contributed by atoms with Gasteiger partial charge in [0.15, 0.2) is 6.10 Å². The van der Waals surface area contributed by atoms with Crippen LogP contribution >= 0.6 is 0 Å². The highest BCUT2D eigenvalue weighted by atomic mass is 16.6. The first-order valence-electron chi connectivity index (χ1n) is 25.6. The quantitative estimate of drug-likeness (QED) is 0.0262. The Morgan fingerprint density at radius 2 is 0.612 bits per heavy atom. The summed E-state index contributed by atoms with van der Waals surface area (Å²) in [5.41, 5.74) is 0. The van der Waals surface area contributed by atoms with Crippen molar-refractivity contribution in [1.29, 1.82) is 0 Å². The number of unbranched alkanes of at least 4 members (excludes halogenated alkanes) is 5. The Morgan fingerprint density at radius 3 is 1.00 bits per heavy atom. The summed E-state index contributed by atoms with van der Waals surface area (Å²) in [5.74, 6) is -1.21. The first kappa shape index (κ1) is 61.8. The van der Waals surface area contributed by atoms with Crippen LogP contribution in [0.3, 0.4) is 0 Å². The number of esters is 3. The summed E-state index contributed by atoms with van der Waals surface area (Å²) in [4.78, 5) is 37.9. The van der Waals surface area contributed by atoms with E-state index in [1.165, 1.54) is 0 Å². The highest BCUT2D eigenvalue weighted by Gasteiger charge is 2.19. The van der Waals surface area contributed by atoms with Crippen molar-refractivity contribution in [2.24, 2.45) is 0 Å². The van der Waals surface area contributed by atoms with Gasteiger partial charge in [0.1, 0.15) is 13.2 Å². The molecule has 0 heterocycles. The van der Waals surface area contributed by atoms with Gasteiger partial charge in [0.2, 0.25) is 0 Å². The van der Waals surface area contributed by atoms with E-state index in [1.807, 2.05) is 18.2 Å². The third-order valence-corrected chi connectivity index (χ3v) is 9.74. The predicted molar refractivity (Wildman–Crippen MR) is 288 cm³/mol. The molecular formula is C61H90O6. The molecule has 0 N–H and O–H groups in total. The molecule has 0 radical (unpaired) electrons. The molecule has 0 saturated carbocycles. The standard InChI is InChI=1S/C61H90O6/c1-4-7-10-13-16-19-22-25-27-28-29-30-31-32-34-36-39-42-45-48-51-54-60(63)66-57-58(56-65-59(62)53-50-47-44-41-38-35-24-21-18-15-12-9-6-3)67-61(64)55-52-49-46-43-40-37-33-26-23-20-17-14-11-8-5-2/h7-12,16-21,25-27,29-30,32-35,38,40,43-44,47,49,52,58H,4-6,13-15,22-24,28,31,36-37,39,41-42,45-46,48,50-51,53-57H2,1-3H3/b10-7-,11-8-,12-9-,19-16-,20-17-,21-18-,27-25-,30-29-,33-26-,34-32-,38-35-,43-40-,47-44-,52-49-. The molecule has 0 spiro atoms. The SMILES string of the molecule is CC/C=C\C/C=C\C/C=C\C/C=C\C/C=C\CCCCCCCC(=O)OCC(COC(=O)CC/C=C\C/C=C\C/C=C\C/C=C\CC)OC(=O)C/C=C\C/C=C\C/C=C\C/C=C\C/C=C\CC. The van der Waals surface area contributed by atoms with Crippen molar-refractivity contribution in [3.63, 3.8) is 0 Å². The largest absolute Gasteiger partial charge is 0.462 e. The van der Waals surface area contributed by atoms with Gasteiger partial charge in [0.25, 0.3) is 0 Å². The number of rotatable bonds is 43. The van der Waals surface area contributed by atoms with Gasteiger partial charge in [0, 0.05) is 12.8 Å². The summed E-state index contributed by atoms with van der Waals surface area (Å²) in [6.45, 7) is 6.09. The Balaban J connectivity index is 4.62. The van der Waals surface area contributed by atoms with Crippen molar-refractivity contribution in [2.45, 2.75) is 181 Å². The average Bonchev–Trinajstić information content (AvgIpc) is 3.33. The first-order valence-corrected chi connectivity index (χ1v) is 25.6. The molecule has 6 nitrogen and oxygen atoms in total. The van der Waals surface area contributed by atoms with Gasteiger partial charge in [0.05, 0.1) is 6.42 Å². The van der Waals surface area contributed by atoms with Crippen LogP contribution in [-0.4, -0.2) is 37.2 Å². The molecule has 0 aliphatic carbocycles. The van der Waals surface area contributed by atoms with Crippen molar-refractivity contribution in [1.82, 2.24) is 0 Å². The Morgan fingerprint density at radius 1 is 0.313 bits per heavy atom. The molecule has 6 heteroatoms. The van der Waals surface area contributed by atoms with E-state index in [0.29, 0.717) is 19.3 Å². The van der Waals surface area contributed by atoms with E-state index in [4.69, 9.17) is 14.2 Å². The molecule has 67 heavy (non-hydrogen) atoms. The molecule has 0 fully saturated rings. The van der Waals surface area contributed by atoms with Gasteiger partial charge in [-0.15, -0.1) is 0 Å². The van der Waals surface area contributed by atoms with E-state index < -0.39 is 18.0 Å². The molecule has 0 aromatic heterocycles. The maximum atomic E-state index is 12.7. The fraction of sp³-hybridized carbons (Fsp3) is 0.492. The van der Waals surface area contributed by atoms with Gasteiger partial charge < -0.3 is 14.2 Å². The lowest BCUT2D eigenvalue weighted by molar-refractivity contribution is -0.166. The van der Waals surface area contributed by atoms with Crippen LogP contribution in [0.4, 0.5) is 0 Å². The van der Waals surface area contributed by atoms with E-state index in [9.17, 15) is 14.4 Å². The lowest BCUT2D eigenvalue weighted by Crippen LogP contribution is -2.30. The molecule has 370 valence electrons. The van der Waals surface area contributed by atoms with Crippen LogP contribution in [0, 0.1) is 0 Å². The first-order chi connectivity index (χ1) is 33.0. The van der Waals surface area contributed by atoms with Gasteiger partial charge >= 0.3 is 17.9 Å². The Hall–Kier alpha value is -5.23. The molecular weight excluding hydrogens is 829 g/mol. The third kappa shape index (κ3) is 51.6. The Labute approximate surface area is 409 Å². The fourth-order valence-electron chi connectivity index (χ4n) is 6.03. The topological polar surface area (TPSA) is 78.9 Å². The summed E-state index contributed by atoms with van der Waals surface area (Å²) < 4.78 is 16.6. The van der Waals surface area contributed by atoms with Crippen molar-refractivity contribution in [3.05, 3.63) is 170 Å². The van der Waals surface area contributed by atoms with Crippen molar-refractivity contribution in [3.8, 4) is 0 Å². The summed E-state index contributed by atoms with van der Waals surface area (Å²) in [6.07, 6.45) is 79.5. The van der Waals surface area contributed by atoms with Crippen LogP contribution in [0.2, 0.25) is 0 Å². The lowest BCUT2D eigenvalue weighted by Gasteiger charge is -2.18. The van der Waals surface area contributed by atoms with Crippen LogP contribution in [0.1, 0.15) is 175 Å². The smallest absolute Gasteiger partial charge is 0.310 e. The number of hydrogen-bond acceptors (Lipinski definition) is 6. The van der Waals surface area contributed by atoms with E-state index >= 15 is 0 Å². The molecule has 0 bridgehead atoms. The molecule has 0 saturated heterocycles. The minimum absolute atomic E-state index is 0.0683. The van der Waals surface area contributed by atoms with Gasteiger partial charge in [-0.3, -0.25) is 14.4 Å². The normalized spacial score (nSPS) is 13.5. The van der Waals surface area contributed by atoms with Crippen LogP contribution in [-0.2, 0) is 28.6 Å². The molecule has 0 amide bonds. The maximum absolute atomic E-state index is 12.7. The zero-order valence-electron chi connectivity index (χ0n) is 42.1. The number of carbonyl (C=O) groups excluding carboxylic acids is 3. The average molecular weight is 919 g/mol. The predicted octanol–water partition coefficient (Wildman–Crippen LogP) is 17.2. The van der Waals surface area contributed by atoms with E-state index in [0.717, 1.165) is 122 Å². The molecule has 0 aliphatic heterocycles. The van der Waals surface area contributed by atoms with E-state index in [1.54, 1.807) is 6.08 Å². The highest BCUT2D eigenvalue weighted by molar-refractivity contribution is 5.72. The van der Waals surface area contributed by atoms with E-state index in [2.05, 4.69) is 167 Å². The summed E-state index contributed by atoms with van der Waals surface area (Å²) in [5, 5.41) is 0. The Bertz CT molecular complexity index is 1620. The number of ether oxygens (including phenoxy) is 3. The molecule has 1 unspecified atom stereocenters. The summed E-state index contributed by atoms with van der Waals surface area (Å²) in [6, 6.07) is 0. The van der Waals surface area contributed by atoms with Gasteiger partial charge in [-0.1, -0.05) is 210 Å². The number of allylic oxidation sites excluding steroid dienone is 27. The highest BCUT2D eigenvalue weighted by Crippen LogP contribution is 2.10. The van der Waals surface area contributed by atoms with Gasteiger partial charge in [-0.2, -0.15) is 0 Å². The third-order valence-electron chi connectivity index (χ3n) is 9.74. The fourth-order valence-corrected chi connectivity index (χ4v) is 6.03. The van der Waals surface area contributed by atoms with Crippen molar-refractivity contribution < 1.29 is 28.6 Å². The second kappa shape index (κ2) is 53.4. The van der Waals surface area contributed by atoms with Gasteiger partial charge in [-0.05, 0) is 116 Å². The lowest BCUT2D eigenvalue weighted by atomic mass is 10.1. The summed E-state index contributed by atoms with van der Waals surface area (Å²) in [7, 11) is 0. The molecule has 0 rings (SSSR count). The minimum atomic E-state index is -0.878. The maximum Gasteiger partial charge on any atom is 0.310 e. The number of carbonyl (C=O) groups is 3. The second-order valence-electron chi connectivity index (χ2n) is 15.9. The number of hydrogen-bond donors (Lipinski definition) is 0. The second-order valence-corrected chi connectivity index (χ2v) is 15.9. The van der Waals surface area contributed by atoms with Crippen molar-refractivity contribution >= 4 is 17.9 Å². The van der Waals surface area contributed by atoms with Crippen LogP contribution < -0.4 is 0 Å². The van der Waals surface area contributed by atoms with Crippen molar-refractivity contribution in [2.75, 3.05) is 13.2 Å². The minimum Gasteiger partial charge on any atom is -0.462 e. The zero-order valence-corrected chi connectivity index (χ0v) is 42.1. The van der Waals surface area contributed by atoms with Crippen LogP contribution in [0.25, 0.3) is 0 Å². The van der Waals surface area contributed by atoms with Crippen LogP contribution in [0.15, 0.2) is 170 Å². The molecule has 0 aromatic rings. The van der Waals surface area contributed by atoms with Gasteiger partial charge in [-0.25, -0.2) is 0 Å². The van der Waals surface area contributed by atoms with Crippen LogP contribution in [0.5, 0.6) is 0 Å². The molecule has 0 aromatic carbocycles. The monoisotopic (exact) mass is 919 g/mol. The van der Waals surface area contributed by atoms with E-state index in [-0.39, 0.29) is 32.0 Å². The Kier molecular flexibility index (Phi) is 49.2. The zero-order chi connectivity index (χ0) is 48.6. The summed E-state index contributed by atoms with van der Waals surface area (Å²) >= 11 is 0. The molecule has 1 atom stereocenters. The molecule has 0 aliphatic rings.